The summed E-state index contributed by atoms with van der Waals surface area (Å²) in [4.78, 5) is 24.8. The maximum atomic E-state index is 12.7. The molecule has 27 heavy (non-hydrogen) atoms. The minimum atomic E-state index is -0.349. The van der Waals surface area contributed by atoms with Gasteiger partial charge in [0.1, 0.15) is 5.76 Å². The van der Waals surface area contributed by atoms with E-state index in [4.69, 9.17) is 4.42 Å². The Morgan fingerprint density at radius 2 is 1.74 bits per heavy atom. The van der Waals surface area contributed by atoms with Crippen LogP contribution < -0.4 is 10.6 Å². The first-order valence-electron chi connectivity index (χ1n) is 8.53. The Labute approximate surface area is 157 Å². The highest BCUT2D eigenvalue weighted by molar-refractivity contribution is 6.11. The van der Waals surface area contributed by atoms with Crippen LogP contribution in [0, 0.1) is 13.8 Å². The lowest BCUT2D eigenvalue weighted by molar-refractivity contribution is -0.111. The lowest BCUT2D eigenvalue weighted by Crippen LogP contribution is -2.17. The van der Waals surface area contributed by atoms with Crippen molar-refractivity contribution in [2.45, 2.75) is 13.8 Å². The van der Waals surface area contributed by atoms with E-state index in [0.29, 0.717) is 22.7 Å². The van der Waals surface area contributed by atoms with Crippen molar-refractivity contribution in [3.05, 3.63) is 89.4 Å². The normalized spacial score (nSPS) is 10.7. The second kappa shape index (κ2) is 8.19. The van der Waals surface area contributed by atoms with Crippen LogP contribution in [0.2, 0.25) is 0 Å². The van der Waals surface area contributed by atoms with Gasteiger partial charge in [0.15, 0.2) is 0 Å². The van der Waals surface area contributed by atoms with Gasteiger partial charge in [0.05, 0.1) is 17.5 Å². The van der Waals surface area contributed by atoms with Crippen molar-refractivity contribution in [3.8, 4) is 0 Å². The maximum absolute atomic E-state index is 12.7. The van der Waals surface area contributed by atoms with Gasteiger partial charge in [0, 0.05) is 11.8 Å². The molecular formula is C22H20N2O3. The molecule has 0 atom stereocenters. The smallest absolute Gasteiger partial charge is 0.257 e. The van der Waals surface area contributed by atoms with E-state index in [1.807, 2.05) is 32.0 Å². The minimum Gasteiger partial charge on any atom is -0.465 e. The van der Waals surface area contributed by atoms with Crippen molar-refractivity contribution >= 4 is 29.3 Å². The fourth-order valence-corrected chi connectivity index (χ4v) is 2.53. The molecule has 2 N–H and O–H groups in total. The first kappa shape index (κ1) is 18.2. The first-order chi connectivity index (χ1) is 13.0. The number of furan rings is 1. The van der Waals surface area contributed by atoms with Crippen molar-refractivity contribution in [3.63, 3.8) is 0 Å². The highest BCUT2D eigenvalue weighted by Gasteiger charge is 2.13. The zero-order chi connectivity index (χ0) is 19.2. The van der Waals surface area contributed by atoms with Crippen LogP contribution in [0.3, 0.4) is 0 Å². The Hall–Kier alpha value is -3.60. The van der Waals surface area contributed by atoms with Gasteiger partial charge in [-0.05, 0) is 67.4 Å². The van der Waals surface area contributed by atoms with Crippen molar-refractivity contribution in [1.29, 1.82) is 0 Å². The van der Waals surface area contributed by atoms with Crippen molar-refractivity contribution in [2.24, 2.45) is 0 Å². The number of benzene rings is 2. The standard InChI is InChI=1S/C22H20N2O3/c1-15-9-10-17(14-16(15)2)23-22(26)19-7-3-4-8-20(19)24-21(25)12-11-18-6-5-13-27-18/h3-14H,1-2H3,(H,23,26)(H,24,25). The van der Waals surface area contributed by atoms with Gasteiger partial charge in [-0.1, -0.05) is 18.2 Å². The van der Waals surface area contributed by atoms with Crippen molar-refractivity contribution in [1.82, 2.24) is 0 Å². The fraction of sp³-hybridized carbons (Fsp3) is 0.0909. The predicted octanol–water partition coefficient (Wildman–Crippen LogP) is 4.80. The van der Waals surface area contributed by atoms with Crippen LogP contribution in [0.15, 0.2) is 71.4 Å². The van der Waals surface area contributed by atoms with Crippen LogP contribution in [0.1, 0.15) is 27.2 Å². The van der Waals surface area contributed by atoms with E-state index < -0.39 is 0 Å². The molecule has 0 saturated heterocycles. The summed E-state index contributed by atoms with van der Waals surface area (Å²) >= 11 is 0. The Morgan fingerprint density at radius 3 is 2.48 bits per heavy atom. The molecule has 3 aromatic rings. The number of carbonyl (C=O) groups excluding carboxylic acids is 2. The molecule has 1 aromatic heterocycles. The van der Waals surface area contributed by atoms with Gasteiger partial charge < -0.3 is 15.1 Å². The van der Waals surface area contributed by atoms with Gasteiger partial charge in [0.25, 0.3) is 5.91 Å². The van der Waals surface area contributed by atoms with E-state index in [0.717, 1.165) is 11.1 Å². The van der Waals surface area contributed by atoms with E-state index in [9.17, 15) is 9.59 Å². The second-order valence-corrected chi connectivity index (χ2v) is 6.14. The molecule has 0 radical (unpaired) electrons. The zero-order valence-corrected chi connectivity index (χ0v) is 15.2. The third-order valence-electron chi connectivity index (χ3n) is 4.14. The molecule has 0 unspecified atom stereocenters. The highest BCUT2D eigenvalue weighted by Crippen LogP contribution is 2.19. The molecule has 0 aliphatic carbocycles. The third kappa shape index (κ3) is 4.73. The van der Waals surface area contributed by atoms with Crippen LogP contribution >= 0.6 is 0 Å². The summed E-state index contributed by atoms with van der Waals surface area (Å²) < 4.78 is 5.15. The fourth-order valence-electron chi connectivity index (χ4n) is 2.53. The van der Waals surface area contributed by atoms with Crippen LogP contribution in [0.5, 0.6) is 0 Å². The number of aryl methyl sites for hydroxylation is 2. The SMILES string of the molecule is Cc1ccc(NC(=O)c2ccccc2NC(=O)C=Cc2ccco2)cc1C. The number of rotatable bonds is 5. The quantitative estimate of drug-likeness (QED) is 0.642. The molecule has 2 amide bonds. The summed E-state index contributed by atoms with van der Waals surface area (Å²) in [5, 5.41) is 5.60. The molecule has 0 aliphatic rings. The molecule has 3 rings (SSSR count). The van der Waals surface area contributed by atoms with Crippen LogP contribution in [-0.2, 0) is 4.79 Å². The monoisotopic (exact) mass is 360 g/mol. The van der Waals surface area contributed by atoms with Crippen LogP contribution in [0.4, 0.5) is 11.4 Å². The van der Waals surface area contributed by atoms with Crippen LogP contribution in [-0.4, -0.2) is 11.8 Å². The Kier molecular flexibility index (Phi) is 5.52. The molecule has 136 valence electrons. The van der Waals surface area contributed by atoms with Gasteiger partial charge in [-0.3, -0.25) is 9.59 Å². The van der Waals surface area contributed by atoms with Gasteiger partial charge in [-0.2, -0.15) is 0 Å². The molecule has 0 fully saturated rings. The number of hydrogen-bond acceptors (Lipinski definition) is 3. The zero-order valence-electron chi connectivity index (χ0n) is 15.2. The summed E-state index contributed by atoms with van der Waals surface area (Å²) in [5.41, 5.74) is 3.78. The van der Waals surface area contributed by atoms with Gasteiger partial charge in [0.2, 0.25) is 5.91 Å². The highest BCUT2D eigenvalue weighted by atomic mass is 16.3. The van der Waals surface area contributed by atoms with Gasteiger partial charge in [-0.15, -0.1) is 0 Å². The molecular weight excluding hydrogens is 340 g/mol. The van der Waals surface area contributed by atoms with E-state index in [1.54, 1.807) is 42.5 Å². The molecule has 0 bridgehead atoms. The molecule has 0 saturated carbocycles. The summed E-state index contributed by atoms with van der Waals surface area (Å²) in [5.74, 6) is -0.0621. The topological polar surface area (TPSA) is 71.3 Å². The average Bonchev–Trinajstić information content (AvgIpc) is 3.17. The lowest BCUT2D eigenvalue weighted by atomic mass is 10.1. The van der Waals surface area contributed by atoms with Crippen molar-refractivity contribution in [2.75, 3.05) is 10.6 Å². The van der Waals surface area contributed by atoms with E-state index in [2.05, 4.69) is 10.6 Å². The molecule has 0 aliphatic heterocycles. The molecule has 5 heteroatoms. The van der Waals surface area contributed by atoms with E-state index in [1.165, 1.54) is 12.3 Å². The van der Waals surface area contributed by atoms with E-state index in [-0.39, 0.29) is 11.8 Å². The Balaban J connectivity index is 1.73. The van der Waals surface area contributed by atoms with Gasteiger partial charge in [-0.25, -0.2) is 0 Å². The Bertz CT molecular complexity index is 989. The van der Waals surface area contributed by atoms with Crippen molar-refractivity contribution < 1.29 is 14.0 Å². The Morgan fingerprint density at radius 1 is 0.926 bits per heavy atom. The first-order valence-corrected chi connectivity index (χ1v) is 8.53. The molecule has 0 spiro atoms. The number of amides is 2. The number of hydrogen-bond donors (Lipinski definition) is 2. The number of para-hydroxylation sites is 1. The van der Waals surface area contributed by atoms with Gasteiger partial charge >= 0.3 is 0 Å². The summed E-state index contributed by atoms with van der Waals surface area (Å²) in [6, 6.07) is 16.1. The number of nitrogens with one attached hydrogen (secondary N) is 2. The number of anilines is 2. The lowest BCUT2D eigenvalue weighted by Gasteiger charge is -2.11. The second-order valence-electron chi connectivity index (χ2n) is 6.14. The predicted molar refractivity (Wildman–Crippen MR) is 107 cm³/mol. The summed E-state index contributed by atoms with van der Waals surface area (Å²) in [6.07, 6.45) is 4.45. The summed E-state index contributed by atoms with van der Waals surface area (Å²) in [6.45, 7) is 4.01. The average molecular weight is 360 g/mol. The van der Waals surface area contributed by atoms with Crippen LogP contribution in [0.25, 0.3) is 6.08 Å². The summed E-state index contributed by atoms with van der Waals surface area (Å²) in [7, 11) is 0. The maximum Gasteiger partial charge on any atom is 0.257 e. The molecule has 1 heterocycles. The van der Waals surface area contributed by atoms with E-state index >= 15 is 0 Å². The number of carbonyl (C=O) groups is 2. The largest absolute Gasteiger partial charge is 0.465 e. The molecule has 2 aromatic carbocycles. The third-order valence-corrected chi connectivity index (χ3v) is 4.14. The minimum absolute atomic E-state index is 0.288. The molecule has 5 nitrogen and oxygen atoms in total.